The highest BCUT2D eigenvalue weighted by Crippen LogP contribution is 2.30. The summed E-state index contributed by atoms with van der Waals surface area (Å²) in [5.41, 5.74) is 7.03. The van der Waals surface area contributed by atoms with Crippen LogP contribution in [0.25, 0.3) is 11.3 Å². The van der Waals surface area contributed by atoms with Crippen molar-refractivity contribution in [2.45, 2.75) is 46.6 Å². The second kappa shape index (κ2) is 4.86. The molecule has 2 aromatic rings. The van der Waals surface area contributed by atoms with Crippen molar-refractivity contribution >= 4 is 0 Å². The van der Waals surface area contributed by atoms with Crippen LogP contribution in [0.2, 0.25) is 0 Å². The molecule has 2 rings (SSSR count). The van der Waals surface area contributed by atoms with Crippen LogP contribution in [-0.4, -0.2) is 10.1 Å². The van der Waals surface area contributed by atoms with Crippen LogP contribution in [0.4, 0.5) is 0 Å². The van der Waals surface area contributed by atoms with E-state index in [1.807, 2.05) is 13.0 Å². The highest BCUT2D eigenvalue weighted by Gasteiger charge is 2.16. The minimum Gasteiger partial charge on any atom is -0.392 e. The van der Waals surface area contributed by atoms with Crippen molar-refractivity contribution in [1.29, 1.82) is 0 Å². The molecule has 0 unspecified atom stereocenters. The predicted octanol–water partition coefficient (Wildman–Crippen LogP) is 4.09. The molecule has 1 aromatic carbocycles. The summed E-state index contributed by atoms with van der Waals surface area (Å²) in [6, 6.07) is 8.66. The van der Waals surface area contributed by atoms with Gasteiger partial charge < -0.3 is 10.1 Å². The van der Waals surface area contributed by atoms with E-state index in [1.165, 1.54) is 16.7 Å². The molecule has 0 spiro atoms. The number of aliphatic hydroxyl groups is 1. The van der Waals surface area contributed by atoms with Crippen molar-refractivity contribution in [3.05, 3.63) is 46.6 Å². The summed E-state index contributed by atoms with van der Waals surface area (Å²) in [6.45, 7) is 10.9. The Kier molecular flexibility index (Phi) is 3.55. The van der Waals surface area contributed by atoms with Gasteiger partial charge >= 0.3 is 0 Å². The van der Waals surface area contributed by atoms with E-state index < -0.39 is 0 Å². The fraction of sp³-hybridized carbons (Fsp3) is 0.412. The second-order valence-corrected chi connectivity index (χ2v) is 6.27. The van der Waals surface area contributed by atoms with Gasteiger partial charge in [0.05, 0.1) is 6.61 Å². The van der Waals surface area contributed by atoms with Crippen LogP contribution in [0.5, 0.6) is 0 Å². The number of aryl methyl sites for hydroxylation is 2. The zero-order chi connectivity index (χ0) is 14.2. The first-order chi connectivity index (χ1) is 8.82. The molecule has 0 saturated heterocycles. The number of hydrogen-bond acceptors (Lipinski definition) is 1. The molecular formula is C17H23NO. The van der Waals surface area contributed by atoms with Gasteiger partial charge in [0.25, 0.3) is 0 Å². The summed E-state index contributed by atoms with van der Waals surface area (Å²) in [5.74, 6) is 0. The number of H-pyrrole nitrogens is 1. The SMILES string of the molecule is Cc1ccc(C(C)(C)C)cc1-c1cc(CO)c(C)[nH]1. The van der Waals surface area contributed by atoms with E-state index in [-0.39, 0.29) is 12.0 Å². The number of aromatic nitrogens is 1. The van der Waals surface area contributed by atoms with Crippen LogP contribution in [0, 0.1) is 13.8 Å². The Hall–Kier alpha value is -1.54. The Morgan fingerprint density at radius 1 is 1.11 bits per heavy atom. The van der Waals surface area contributed by atoms with Gasteiger partial charge in [-0.3, -0.25) is 0 Å². The largest absolute Gasteiger partial charge is 0.392 e. The van der Waals surface area contributed by atoms with Gasteiger partial charge in [0.2, 0.25) is 0 Å². The molecule has 2 heteroatoms. The molecule has 0 aliphatic carbocycles. The summed E-state index contributed by atoms with van der Waals surface area (Å²) in [7, 11) is 0. The lowest BCUT2D eigenvalue weighted by Gasteiger charge is -2.20. The maximum Gasteiger partial charge on any atom is 0.0699 e. The Balaban J connectivity index is 2.54. The lowest BCUT2D eigenvalue weighted by molar-refractivity contribution is 0.281. The third kappa shape index (κ3) is 2.74. The van der Waals surface area contributed by atoms with Crippen LogP contribution in [0.1, 0.15) is 43.2 Å². The third-order valence-electron chi connectivity index (χ3n) is 3.69. The van der Waals surface area contributed by atoms with Crippen molar-refractivity contribution in [2.24, 2.45) is 0 Å². The van der Waals surface area contributed by atoms with Gasteiger partial charge in [-0.2, -0.15) is 0 Å². The van der Waals surface area contributed by atoms with Crippen molar-refractivity contribution in [3.63, 3.8) is 0 Å². The molecule has 0 atom stereocenters. The molecule has 102 valence electrons. The number of aromatic amines is 1. The van der Waals surface area contributed by atoms with Crippen molar-refractivity contribution in [2.75, 3.05) is 0 Å². The number of rotatable bonds is 2. The van der Waals surface area contributed by atoms with Gasteiger partial charge in [-0.1, -0.05) is 32.9 Å². The number of hydrogen-bond donors (Lipinski definition) is 2. The Morgan fingerprint density at radius 3 is 2.32 bits per heavy atom. The summed E-state index contributed by atoms with van der Waals surface area (Å²) < 4.78 is 0. The standard InChI is InChI=1S/C17H23NO/c1-11-6-7-14(17(3,4)5)9-15(11)16-8-13(10-19)12(2)18-16/h6-9,18-19H,10H2,1-5H3. The zero-order valence-electron chi connectivity index (χ0n) is 12.5. The average molecular weight is 257 g/mol. The van der Waals surface area contributed by atoms with Gasteiger partial charge in [-0.15, -0.1) is 0 Å². The fourth-order valence-electron chi connectivity index (χ4n) is 2.29. The highest BCUT2D eigenvalue weighted by molar-refractivity contribution is 5.66. The van der Waals surface area contributed by atoms with E-state index in [0.29, 0.717) is 0 Å². The molecule has 2 N–H and O–H groups in total. The van der Waals surface area contributed by atoms with Crippen LogP contribution >= 0.6 is 0 Å². The smallest absolute Gasteiger partial charge is 0.0699 e. The van der Waals surface area contributed by atoms with Crippen LogP contribution < -0.4 is 0 Å². The van der Waals surface area contributed by atoms with E-state index >= 15 is 0 Å². The summed E-state index contributed by atoms with van der Waals surface area (Å²) in [6.07, 6.45) is 0. The van der Waals surface area contributed by atoms with E-state index in [2.05, 4.69) is 50.9 Å². The molecule has 0 radical (unpaired) electrons. The fourth-order valence-corrected chi connectivity index (χ4v) is 2.29. The highest BCUT2D eigenvalue weighted by atomic mass is 16.3. The minimum absolute atomic E-state index is 0.0837. The zero-order valence-corrected chi connectivity index (χ0v) is 12.5. The number of benzene rings is 1. The Bertz CT molecular complexity index is 588. The van der Waals surface area contributed by atoms with Gasteiger partial charge in [0, 0.05) is 17.0 Å². The van der Waals surface area contributed by atoms with Crippen LogP contribution in [-0.2, 0) is 12.0 Å². The first kappa shape index (κ1) is 13.9. The molecular weight excluding hydrogens is 234 g/mol. The van der Waals surface area contributed by atoms with Crippen LogP contribution in [0.15, 0.2) is 24.3 Å². The summed E-state index contributed by atoms with van der Waals surface area (Å²) in [5, 5.41) is 9.31. The molecule has 0 aliphatic rings. The predicted molar refractivity (Wildman–Crippen MR) is 80.3 cm³/mol. The first-order valence-corrected chi connectivity index (χ1v) is 6.74. The maximum absolute atomic E-state index is 9.31. The lowest BCUT2D eigenvalue weighted by Crippen LogP contribution is -2.11. The van der Waals surface area contributed by atoms with Gasteiger partial charge in [-0.05, 0) is 48.1 Å². The van der Waals surface area contributed by atoms with E-state index in [0.717, 1.165) is 17.0 Å². The molecule has 0 bridgehead atoms. The van der Waals surface area contributed by atoms with Crippen molar-refractivity contribution < 1.29 is 5.11 Å². The van der Waals surface area contributed by atoms with Crippen LogP contribution in [0.3, 0.4) is 0 Å². The molecule has 0 amide bonds. The molecule has 0 fully saturated rings. The molecule has 0 aliphatic heterocycles. The van der Waals surface area contributed by atoms with E-state index in [4.69, 9.17) is 0 Å². The maximum atomic E-state index is 9.31. The molecule has 1 aromatic heterocycles. The van der Waals surface area contributed by atoms with Gasteiger partial charge in [-0.25, -0.2) is 0 Å². The number of nitrogens with one attached hydrogen (secondary N) is 1. The lowest BCUT2D eigenvalue weighted by atomic mass is 9.85. The molecule has 0 saturated carbocycles. The topological polar surface area (TPSA) is 36.0 Å². The van der Waals surface area contributed by atoms with Crippen molar-refractivity contribution in [3.8, 4) is 11.3 Å². The summed E-state index contributed by atoms with van der Waals surface area (Å²) in [4.78, 5) is 3.37. The van der Waals surface area contributed by atoms with E-state index in [1.54, 1.807) is 0 Å². The molecule has 1 heterocycles. The number of aliphatic hydroxyl groups excluding tert-OH is 1. The first-order valence-electron chi connectivity index (χ1n) is 6.74. The normalized spacial score (nSPS) is 11.9. The van der Waals surface area contributed by atoms with Gasteiger partial charge in [0.15, 0.2) is 0 Å². The average Bonchev–Trinajstić information content (AvgIpc) is 2.69. The Morgan fingerprint density at radius 2 is 1.79 bits per heavy atom. The minimum atomic E-state index is 0.0837. The molecule has 19 heavy (non-hydrogen) atoms. The monoisotopic (exact) mass is 257 g/mol. The second-order valence-electron chi connectivity index (χ2n) is 6.27. The Labute approximate surface area is 115 Å². The van der Waals surface area contributed by atoms with Crippen molar-refractivity contribution in [1.82, 2.24) is 4.98 Å². The van der Waals surface area contributed by atoms with Gasteiger partial charge in [0.1, 0.15) is 0 Å². The quantitative estimate of drug-likeness (QED) is 0.835. The molecule has 2 nitrogen and oxygen atoms in total. The van der Waals surface area contributed by atoms with E-state index in [9.17, 15) is 5.11 Å². The third-order valence-corrected chi connectivity index (χ3v) is 3.69. The summed E-state index contributed by atoms with van der Waals surface area (Å²) >= 11 is 0.